The molecule has 3 nitrogen and oxygen atoms in total. The first-order valence-electron chi connectivity index (χ1n) is 4.80. The Morgan fingerprint density at radius 3 is 2.38 bits per heavy atom. The lowest BCUT2D eigenvalue weighted by atomic mass is 10.1. The smallest absolute Gasteiger partial charge is 0.441 e. The maximum absolute atomic E-state index is 11.8. The monoisotopic (exact) mass is 259 g/mol. The summed E-state index contributed by atoms with van der Waals surface area (Å²) in [5.74, 6) is -0.598. The van der Waals surface area contributed by atoms with Crippen molar-refractivity contribution < 1.29 is 22.7 Å². The van der Waals surface area contributed by atoms with E-state index in [9.17, 15) is 18.0 Å². The fourth-order valence-corrected chi connectivity index (χ4v) is 1.55. The van der Waals surface area contributed by atoms with Gasteiger partial charge in [0.1, 0.15) is 6.04 Å². The Labute approximate surface area is 97.1 Å². The zero-order valence-electron chi connectivity index (χ0n) is 9.43. The summed E-state index contributed by atoms with van der Waals surface area (Å²) in [5, 5.41) is 2.75. The van der Waals surface area contributed by atoms with E-state index in [1.54, 1.807) is 13.8 Å². The molecule has 0 saturated carbocycles. The molecule has 0 aliphatic heterocycles. The van der Waals surface area contributed by atoms with E-state index in [-0.39, 0.29) is 30.0 Å². The second-order valence-corrected chi connectivity index (χ2v) is 4.65. The molecule has 0 heterocycles. The molecule has 0 radical (unpaired) electrons. The van der Waals surface area contributed by atoms with Crippen LogP contribution >= 0.6 is 11.8 Å². The van der Waals surface area contributed by atoms with E-state index in [2.05, 4.69) is 10.1 Å². The van der Waals surface area contributed by atoms with Crippen molar-refractivity contribution in [1.82, 2.24) is 5.32 Å². The van der Waals surface area contributed by atoms with Gasteiger partial charge in [-0.05, 0) is 17.7 Å². The fraction of sp³-hybridized carbons (Fsp3) is 0.889. The van der Waals surface area contributed by atoms with Crippen LogP contribution in [0, 0.1) is 5.92 Å². The van der Waals surface area contributed by atoms with Crippen LogP contribution in [-0.2, 0) is 9.53 Å². The van der Waals surface area contributed by atoms with Crippen molar-refractivity contribution in [2.45, 2.75) is 25.4 Å². The van der Waals surface area contributed by atoms with Crippen LogP contribution in [-0.4, -0.2) is 36.9 Å². The van der Waals surface area contributed by atoms with Gasteiger partial charge in [-0.2, -0.15) is 13.2 Å². The summed E-state index contributed by atoms with van der Waals surface area (Å²) in [6.07, 6.45) is 0. The van der Waals surface area contributed by atoms with Gasteiger partial charge < -0.3 is 10.1 Å². The number of ether oxygens (including phenoxy) is 1. The van der Waals surface area contributed by atoms with Crippen molar-refractivity contribution in [3.8, 4) is 0 Å². The molecule has 0 fully saturated rings. The van der Waals surface area contributed by atoms with Crippen LogP contribution in [0.2, 0.25) is 0 Å². The summed E-state index contributed by atoms with van der Waals surface area (Å²) in [7, 11) is 1.25. The van der Waals surface area contributed by atoms with Crippen molar-refractivity contribution in [3.63, 3.8) is 0 Å². The Balaban J connectivity index is 3.91. The van der Waals surface area contributed by atoms with Crippen molar-refractivity contribution in [2.75, 3.05) is 19.4 Å². The molecule has 0 bridgehead atoms. The third-order valence-electron chi connectivity index (χ3n) is 1.85. The highest BCUT2D eigenvalue weighted by molar-refractivity contribution is 8.00. The molecule has 0 aromatic heterocycles. The molecular weight excluding hydrogens is 243 g/mol. The first kappa shape index (κ1) is 15.6. The van der Waals surface area contributed by atoms with E-state index in [0.717, 1.165) is 0 Å². The van der Waals surface area contributed by atoms with Crippen LogP contribution in [0.15, 0.2) is 0 Å². The van der Waals surface area contributed by atoms with Crippen LogP contribution in [0.3, 0.4) is 0 Å². The number of alkyl halides is 3. The largest absolute Gasteiger partial charge is 0.468 e. The summed E-state index contributed by atoms with van der Waals surface area (Å²) < 4.78 is 40.0. The predicted molar refractivity (Wildman–Crippen MR) is 57.2 cm³/mol. The Kier molecular flexibility index (Phi) is 6.82. The zero-order chi connectivity index (χ0) is 12.8. The number of methoxy groups -OCH3 is 1. The van der Waals surface area contributed by atoms with Crippen molar-refractivity contribution in [3.05, 3.63) is 0 Å². The molecule has 96 valence electrons. The number of rotatable bonds is 6. The molecule has 16 heavy (non-hydrogen) atoms. The van der Waals surface area contributed by atoms with Crippen LogP contribution in [0.5, 0.6) is 0 Å². The van der Waals surface area contributed by atoms with Crippen LogP contribution in [0.25, 0.3) is 0 Å². The maximum atomic E-state index is 11.8. The fourth-order valence-electron chi connectivity index (χ4n) is 1.10. The van der Waals surface area contributed by atoms with Gasteiger partial charge in [0.05, 0.1) is 7.11 Å². The minimum absolute atomic E-state index is 0.0247. The molecule has 0 aromatic carbocycles. The Hall–Kier alpha value is -0.430. The average Bonchev–Trinajstić information content (AvgIpc) is 2.14. The average molecular weight is 259 g/mol. The number of nitrogens with one attached hydrogen (secondary N) is 1. The normalized spacial score (nSPS) is 13.9. The molecule has 0 rings (SSSR count). The summed E-state index contributed by atoms with van der Waals surface area (Å²) in [5.41, 5.74) is -4.22. The zero-order valence-corrected chi connectivity index (χ0v) is 10.2. The van der Waals surface area contributed by atoms with Crippen molar-refractivity contribution >= 4 is 17.7 Å². The second kappa shape index (κ2) is 7.01. The van der Waals surface area contributed by atoms with Gasteiger partial charge in [0.2, 0.25) is 0 Å². The van der Waals surface area contributed by atoms with Gasteiger partial charge in [0, 0.05) is 12.3 Å². The highest BCUT2D eigenvalue weighted by Gasteiger charge is 2.28. The van der Waals surface area contributed by atoms with Gasteiger partial charge >= 0.3 is 11.5 Å². The quantitative estimate of drug-likeness (QED) is 0.585. The number of carbonyl (C=O) groups excluding carboxylic acids is 1. The van der Waals surface area contributed by atoms with E-state index >= 15 is 0 Å². The van der Waals surface area contributed by atoms with Gasteiger partial charge in [0.25, 0.3) is 0 Å². The molecule has 0 saturated heterocycles. The van der Waals surface area contributed by atoms with Crippen molar-refractivity contribution in [2.24, 2.45) is 5.92 Å². The van der Waals surface area contributed by atoms with E-state index < -0.39 is 17.5 Å². The molecule has 1 atom stereocenters. The van der Waals surface area contributed by atoms with Gasteiger partial charge in [-0.1, -0.05) is 13.8 Å². The van der Waals surface area contributed by atoms with Gasteiger partial charge in [-0.3, -0.25) is 4.79 Å². The van der Waals surface area contributed by atoms with E-state index in [4.69, 9.17) is 0 Å². The number of hydrogen-bond acceptors (Lipinski definition) is 4. The summed E-state index contributed by atoms with van der Waals surface area (Å²) in [6.45, 7) is 3.71. The van der Waals surface area contributed by atoms with Crippen LogP contribution in [0.4, 0.5) is 13.2 Å². The Bertz CT molecular complexity index is 221. The molecule has 0 aromatic rings. The Morgan fingerprint density at radius 2 is 2.00 bits per heavy atom. The first-order valence-corrected chi connectivity index (χ1v) is 5.78. The highest BCUT2D eigenvalue weighted by atomic mass is 32.2. The van der Waals surface area contributed by atoms with E-state index in [1.807, 2.05) is 0 Å². The first-order chi connectivity index (χ1) is 7.28. The van der Waals surface area contributed by atoms with E-state index in [1.165, 1.54) is 7.11 Å². The standard InChI is InChI=1S/C9H16F3NO2S/c1-6(2)7(8(14)15-3)13-4-5-16-9(10,11)12/h6-7,13H,4-5H2,1-3H3. The molecule has 0 amide bonds. The van der Waals surface area contributed by atoms with Gasteiger partial charge in [-0.25, -0.2) is 0 Å². The van der Waals surface area contributed by atoms with E-state index in [0.29, 0.717) is 0 Å². The number of halogens is 3. The summed E-state index contributed by atoms with van der Waals surface area (Å²) in [6, 6.07) is -0.557. The van der Waals surface area contributed by atoms with Crippen LogP contribution < -0.4 is 5.32 Å². The van der Waals surface area contributed by atoms with Crippen LogP contribution in [0.1, 0.15) is 13.8 Å². The lowest BCUT2D eigenvalue weighted by Crippen LogP contribution is -2.42. The number of esters is 1. The predicted octanol–water partition coefficient (Wildman–Crippen LogP) is 2.03. The SMILES string of the molecule is COC(=O)C(NCCSC(F)(F)F)C(C)C. The molecule has 0 aliphatic rings. The molecule has 1 N–H and O–H groups in total. The summed E-state index contributed by atoms with van der Waals surface area (Å²) >= 11 is -0.108. The van der Waals surface area contributed by atoms with Crippen molar-refractivity contribution in [1.29, 1.82) is 0 Å². The lowest BCUT2D eigenvalue weighted by molar-refractivity contribution is -0.144. The molecule has 0 aliphatic carbocycles. The minimum atomic E-state index is -4.22. The number of hydrogen-bond donors (Lipinski definition) is 1. The van der Waals surface area contributed by atoms with Gasteiger partial charge in [-0.15, -0.1) is 0 Å². The number of carbonyl (C=O) groups is 1. The minimum Gasteiger partial charge on any atom is -0.468 e. The second-order valence-electron chi connectivity index (χ2n) is 3.49. The maximum Gasteiger partial charge on any atom is 0.441 e. The molecule has 7 heteroatoms. The highest BCUT2D eigenvalue weighted by Crippen LogP contribution is 2.29. The Morgan fingerprint density at radius 1 is 1.44 bits per heavy atom. The molecule has 1 unspecified atom stereocenters. The third-order valence-corrected chi connectivity index (χ3v) is 2.59. The van der Waals surface area contributed by atoms with Gasteiger partial charge in [0.15, 0.2) is 0 Å². The molecular formula is C9H16F3NO2S. The lowest BCUT2D eigenvalue weighted by Gasteiger charge is -2.19. The third kappa shape index (κ3) is 6.95. The summed E-state index contributed by atoms with van der Waals surface area (Å²) in [4.78, 5) is 11.2. The molecule has 0 spiro atoms. The topological polar surface area (TPSA) is 38.3 Å². The number of thioether (sulfide) groups is 1.